The molecule has 0 radical (unpaired) electrons. The quantitative estimate of drug-likeness (QED) is 0.608. The molecule has 0 saturated carbocycles. The molecule has 0 aliphatic carbocycles. The van der Waals surface area contributed by atoms with Crippen molar-refractivity contribution in [1.82, 2.24) is 4.90 Å². The average molecular weight is 420 g/mol. The molecule has 3 N–H and O–H groups in total. The first-order chi connectivity index (χ1) is 13.7. The number of hydrogen-bond acceptors (Lipinski definition) is 7. The van der Waals surface area contributed by atoms with Gasteiger partial charge >= 0.3 is 5.97 Å². The highest BCUT2D eigenvalue weighted by Gasteiger charge is 2.32. The number of rotatable bonds is 8. The number of nitrogens with two attached hydrogens (primary N) is 1. The zero-order valence-corrected chi connectivity index (χ0v) is 17.3. The normalized spacial score (nSPS) is 16.7. The van der Waals surface area contributed by atoms with Crippen molar-refractivity contribution in [2.24, 2.45) is 10.7 Å². The summed E-state index contributed by atoms with van der Waals surface area (Å²) in [6.07, 6.45) is -1.10. The van der Waals surface area contributed by atoms with Gasteiger partial charge in [-0.15, -0.1) is 0 Å². The molecular weight excluding hydrogens is 396 g/mol. The molecule has 0 aromatic heterocycles. The summed E-state index contributed by atoms with van der Waals surface area (Å²) in [7, 11) is 0. The van der Waals surface area contributed by atoms with E-state index < -0.39 is 23.2 Å². The predicted molar refractivity (Wildman–Crippen MR) is 111 cm³/mol. The SMILES string of the molecule is CCN(CC)C1=NC(=O)[C@H](CC(=O)Nc2cccc(C(=O)O[C@H](C)C(N)=O)c2)S1. The van der Waals surface area contributed by atoms with Crippen molar-refractivity contribution in [2.45, 2.75) is 38.5 Å². The highest BCUT2D eigenvalue weighted by Crippen LogP contribution is 2.27. The van der Waals surface area contributed by atoms with Crippen LogP contribution in [0, 0.1) is 0 Å². The number of primary amides is 1. The zero-order chi connectivity index (χ0) is 21.6. The fourth-order valence-electron chi connectivity index (χ4n) is 2.53. The molecule has 1 aromatic carbocycles. The third kappa shape index (κ3) is 6.05. The van der Waals surface area contributed by atoms with E-state index in [2.05, 4.69) is 10.3 Å². The van der Waals surface area contributed by atoms with Crippen LogP contribution in [0.5, 0.6) is 0 Å². The molecule has 9 nitrogen and oxygen atoms in total. The molecule has 0 spiro atoms. The minimum absolute atomic E-state index is 0.0366. The van der Waals surface area contributed by atoms with E-state index >= 15 is 0 Å². The van der Waals surface area contributed by atoms with Gasteiger partial charge in [-0.05, 0) is 39.0 Å². The fourth-order valence-corrected chi connectivity index (χ4v) is 3.72. The number of aliphatic imine (C=N–C) groups is 1. The highest BCUT2D eigenvalue weighted by atomic mass is 32.2. The maximum atomic E-state index is 12.4. The lowest BCUT2D eigenvalue weighted by Crippen LogP contribution is -2.30. The number of amidine groups is 1. The Morgan fingerprint density at radius 2 is 2.00 bits per heavy atom. The number of nitrogens with zero attached hydrogens (tertiary/aromatic N) is 2. The molecule has 1 aliphatic rings. The molecule has 0 saturated heterocycles. The number of hydrogen-bond donors (Lipinski definition) is 2. The lowest BCUT2D eigenvalue weighted by molar-refractivity contribution is -0.125. The van der Waals surface area contributed by atoms with Crippen LogP contribution in [0.2, 0.25) is 0 Å². The lowest BCUT2D eigenvalue weighted by atomic mass is 10.2. The Morgan fingerprint density at radius 1 is 1.31 bits per heavy atom. The van der Waals surface area contributed by atoms with Crippen LogP contribution in [0.25, 0.3) is 0 Å². The number of carbonyl (C=O) groups excluding carboxylic acids is 4. The first-order valence-corrected chi connectivity index (χ1v) is 10.1. The molecule has 156 valence electrons. The molecule has 1 heterocycles. The van der Waals surface area contributed by atoms with Crippen LogP contribution in [-0.2, 0) is 19.1 Å². The minimum Gasteiger partial charge on any atom is -0.449 e. The summed E-state index contributed by atoms with van der Waals surface area (Å²) in [5.74, 6) is -2.19. The number of ether oxygens (including phenoxy) is 1. The van der Waals surface area contributed by atoms with E-state index in [1.54, 1.807) is 12.1 Å². The van der Waals surface area contributed by atoms with Gasteiger partial charge in [-0.2, -0.15) is 4.99 Å². The van der Waals surface area contributed by atoms with Gasteiger partial charge in [-0.3, -0.25) is 14.4 Å². The fraction of sp³-hybridized carbons (Fsp3) is 0.421. The van der Waals surface area contributed by atoms with E-state index in [9.17, 15) is 19.2 Å². The smallest absolute Gasteiger partial charge is 0.338 e. The van der Waals surface area contributed by atoms with Crippen LogP contribution in [-0.4, -0.2) is 58.2 Å². The number of thioether (sulfide) groups is 1. The molecule has 10 heteroatoms. The molecule has 3 amide bonds. The summed E-state index contributed by atoms with van der Waals surface area (Å²) in [5, 5.41) is 2.72. The van der Waals surface area contributed by atoms with Gasteiger partial charge in [-0.25, -0.2) is 4.79 Å². The Kier molecular flexibility index (Phi) is 7.77. The summed E-state index contributed by atoms with van der Waals surface area (Å²) >= 11 is 1.28. The van der Waals surface area contributed by atoms with Gasteiger partial charge in [-0.1, -0.05) is 17.8 Å². The van der Waals surface area contributed by atoms with E-state index in [-0.39, 0.29) is 23.8 Å². The molecule has 2 rings (SSSR count). The van der Waals surface area contributed by atoms with Gasteiger partial charge in [0.05, 0.1) is 5.56 Å². The van der Waals surface area contributed by atoms with Crippen LogP contribution >= 0.6 is 11.8 Å². The Morgan fingerprint density at radius 3 is 2.62 bits per heavy atom. The molecule has 1 aromatic rings. The van der Waals surface area contributed by atoms with Gasteiger partial charge in [0.25, 0.3) is 11.8 Å². The Labute approximate surface area is 173 Å². The Balaban J connectivity index is 1.96. The number of anilines is 1. The topological polar surface area (TPSA) is 131 Å². The number of carbonyl (C=O) groups is 4. The molecule has 0 unspecified atom stereocenters. The van der Waals surface area contributed by atoms with Crippen molar-refractivity contribution in [3.63, 3.8) is 0 Å². The number of esters is 1. The van der Waals surface area contributed by atoms with Crippen molar-refractivity contribution >= 4 is 46.3 Å². The van der Waals surface area contributed by atoms with Crippen molar-refractivity contribution in [3.8, 4) is 0 Å². The Hall–Kier alpha value is -2.88. The van der Waals surface area contributed by atoms with Crippen molar-refractivity contribution in [3.05, 3.63) is 29.8 Å². The van der Waals surface area contributed by atoms with E-state index in [1.165, 1.54) is 30.8 Å². The maximum absolute atomic E-state index is 12.4. The minimum atomic E-state index is -1.06. The summed E-state index contributed by atoms with van der Waals surface area (Å²) in [4.78, 5) is 53.5. The second-order valence-corrected chi connectivity index (χ2v) is 7.46. The van der Waals surface area contributed by atoms with Crippen molar-refractivity contribution < 1.29 is 23.9 Å². The number of benzene rings is 1. The molecule has 1 aliphatic heterocycles. The first-order valence-electron chi connectivity index (χ1n) is 9.19. The largest absolute Gasteiger partial charge is 0.449 e. The summed E-state index contributed by atoms with van der Waals surface area (Å²) < 4.78 is 4.94. The monoisotopic (exact) mass is 420 g/mol. The van der Waals surface area contributed by atoms with Crippen molar-refractivity contribution in [2.75, 3.05) is 18.4 Å². The van der Waals surface area contributed by atoms with Gasteiger partial charge < -0.3 is 20.7 Å². The maximum Gasteiger partial charge on any atom is 0.338 e. The Bertz CT molecular complexity index is 838. The third-order valence-corrected chi connectivity index (χ3v) is 5.41. The highest BCUT2D eigenvalue weighted by molar-refractivity contribution is 8.15. The molecule has 2 atom stereocenters. The van der Waals surface area contributed by atoms with Gasteiger partial charge in [0.15, 0.2) is 11.3 Å². The van der Waals surface area contributed by atoms with Crippen LogP contribution in [0.15, 0.2) is 29.3 Å². The predicted octanol–water partition coefficient (Wildman–Crippen LogP) is 1.39. The molecule has 0 fully saturated rings. The zero-order valence-electron chi connectivity index (χ0n) is 16.5. The number of amides is 3. The summed E-state index contributed by atoms with van der Waals surface area (Å²) in [6.45, 7) is 6.77. The van der Waals surface area contributed by atoms with E-state index in [1.807, 2.05) is 18.7 Å². The first kappa shape index (κ1) is 22.4. The average Bonchev–Trinajstić information content (AvgIpc) is 3.02. The van der Waals surface area contributed by atoms with Gasteiger partial charge in [0.1, 0.15) is 5.25 Å². The number of nitrogens with one attached hydrogen (secondary N) is 1. The van der Waals surface area contributed by atoms with Crippen LogP contribution in [0.4, 0.5) is 5.69 Å². The molecule has 0 bridgehead atoms. The third-order valence-electron chi connectivity index (χ3n) is 4.20. The summed E-state index contributed by atoms with van der Waals surface area (Å²) in [6, 6.07) is 6.09. The second kappa shape index (κ2) is 10.1. The standard InChI is InChI=1S/C19H24N4O5S/c1-4-23(5-2)19-22-17(26)14(29-19)10-15(24)21-13-8-6-7-12(9-13)18(27)28-11(3)16(20)25/h6-9,11,14H,4-5,10H2,1-3H3,(H2,20,25)(H,21,24)/t11-,14+/m1/s1. The van der Waals surface area contributed by atoms with Gasteiger partial charge in [0.2, 0.25) is 5.91 Å². The molecular formula is C19H24N4O5S. The molecule has 29 heavy (non-hydrogen) atoms. The second-order valence-electron chi connectivity index (χ2n) is 6.29. The van der Waals surface area contributed by atoms with E-state index in [0.29, 0.717) is 10.9 Å². The summed E-state index contributed by atoms with van der Waals surface area (Å²) in [5.41, 5.74) is 5.61. The van der Waals surface area contributed by atoms with Crippen LogP contribution < -0.4 is 11.1 Å². The lowest BCUT2D eigenvalue weighted by Gasteiger charge is -2.19. The van der Waals surface area contributed by atoms with E-state index in [0.717, 1.165) is 13.1 Å². The van der Waals surface area contributed by atoms with Crippen LogP contribution in [0.3, 0.4) is 0 Å². The van der Waals surface area contributed by atoms with Gasteiger partial charge in [0, 0.05) is 25.2 Å². The van der Waals surface area contributed by atoms with Crippen LogP contribution in [0.1, 0.15) is 37.6 Å². The van der Waals surface area contributed by atoms with E-state index in [4.69, 9.17) is 10.5 Å². The van der Waals surface area contributed by atoms with Crippen molar-refractivity contribution in [1.29, 1.82) is 0 Å².